The molecule has 2 heteroatoms. The Kier molecular flexibility index (Phi) is 2.11. The minimum Gasteiger partial charge on any atom is -0.380 e. The van der Waals surface area contributed by atoms with Crippen LogP contribution in [-0.4, -0.2) is 7.05 Å². The Morgan fingerprint density at radius 2 is 2.33 bits per heavy atom. The number of nitrogens with one attached hydrogen (secondary N) is 1. The zero-order valence-electron chi connectivity index (χ0n) is 5.77. The maximum absolute atomic E-state index is 3.10. The third-order valence-electron chi connectivity index (χ3n) is 1.26. The SMILES string of the molecule is CCc1ccc(NC)s1. The van der Waals surface area contributed by atoms with Crippen LogP contribution in [0.3, 0.4) is 0 Å². The molecule has 1 rings (SSSR count). The van der Waals surface area contributed by atoms with Gasteiger partial charge in [-0.1, -0.05) is 6.92 Å². The molecule has 0 saturated heterocycles. The molecule has 0 spiro atoms. The Hall–Kier alpha value is -0.500. The number of thiophene rings is 1. The lowest BCUT2D eigenvalue weighted by molar-refractivity contribution is 1.19. The maximum Gasteiger partial charge on any atom is 0.0882 e. The van der Waals surface area contributed by atoms with Gasteiger partial charge in [-0.25, -0.2) is 0 Å². The summed E-state index contributed by atoms with van der Waals surface area (Å²) in [5, 5.41) is 4.36. The molecule has 0 saturated carbocycles. The first-order chi connectivity index (χ1) is 4.36. The number of hydrogen-bond donors (Lipinski definition) is 1. The fraction of sp³-hybridized carbons (Fsp3) is 0.429. The Bertz CT molecular complexity index is 162. The Balaban J connectivity index is 2.74. The molecule has 0 aliphatic heterocycles. The minimum absolute atomic E-state index is 1.15. The van der Waals surface area contributed by atoms with Gasteiger partial charge in [0, 0.05) is 11.9 Å². The molecule has 0 unspecified atom stereocenters. The van der Waals surface area contributed by atoms with E-state index in [9.17, 15) is 0 Å². The Labute approximate surface area is 59.7 Å². The van der Waals surface area contributed by atoms with Gasteiger partial charge in [-0.15, -0.1) is 11.3 Å². The quantitative estimate of drug-likeness (QED) is 0.666. The van der Waals surface area contributed by atoms with Crippen molar-refractivity contribution in [3.05, 3.63) is 17.0 Å². The number of hydrogen-bond acceptors (Lipinski definition) is 2. The summed E-state index contributed by atoms with van der Waals surface area (Å²) in [5.74, 6) is 0. The van der Waals surface area contributed by atoms with E-state index in [2.05, 4.69) is 24.4 Å². The van der Waals surface area contributed by atoms with Crippen molar-refractivity contribution in [3.8, 4) is 0 Å². The minimum atomic E-state index is 1.15. The van der Waals surface area contributed by atoms with Gasteiger partial charge in [-0.2, -0.15) is 0 Å². The molecule has 9 heavy (non-hydrogen) atoms. The second-order valence-electron chi connectivity index (χ2n) is 1.87. The normalized spacial score (nSPS) is 9.56. The topological polar surface area (TPSA) is 12.0 Å². The van der Waals surface area contributed by atoms with Crippen LogP contribution in [0.4, 0.5) is 5.00 Å². The predicted molar refractivity (Wildman–Crippen MR) is 43.2 cm³/mol. The molecule has 1 heterocycles. The molecule has 0 aromatic carbocycles. The zero-order chi connectivity index (χ0) is 6.69. The summed E-state index contributed by atoms with van der Waals surface area (Å²) >= 11 is 1.82. The van der Waals surface area contributed by atoms with E-state index in [1.54, 1.807) is 0 Å². The van der Waals surface area contributed by atoms with Crippen LogP contribution in [0.2, 0.25) is 0 Å². The summed E-state index contributed by atoms with van der Waals surface area (Å²) in [6.07, 6.45) is 1.15. The molecule has 1 N–H and O–H groups in total. The molecule has 50 valence electrons. The average Bonchev–Trinajstić information content (AvgIpc) is 2.34. The van der Waals surface area contributed by atoms with E-state index in [4.69, 9.17) is 0 Å². The van der Waals surface area contributed by atoms with Crippen molar-refractivity contribution in [2.75, 3.05) is 12.4 Å². The van der Waals surface area contributed by atoms with E-state index in [-0.39, 0.29) is 0 Å². The average molecular weight is 141 g/mol. The van der Waals surface area contributed by atoms with E-state index in [0.717, 1.165) is 6.42 Å². The van der Waals surface area contributed by atoms with Gasteiger partial charge >= 0.3 is 0 Å². The molecular weight excluding hydrogens is 130 g/mol. The number of anilines is 1. The predicted octanol–water partition coefficient (Wildman–Crippen LogP) is 2.35. The van der Waals surface area contributed by atoms with Gasteiger partial charge in [0.2, 0.25) is 0 Å². The van der Waals surface area contributed by atoms with Gasteiger partial charge in [-0.05, 0) is 18.6 Å². The summed E-state index contributed by atoms with van der Waals surface area (Å²) in [7, 11) is 1.95. The van der Waals surface area contributed by atoms with Crippen LogP contribution in [0.5, 0.6) is 0 Å². The van der Waals surface area contributed by atoms with Gasteiger partial charge in [0.15, 0.2) is 0 Å². The van der Waals surface area contributed by atoms with Crippen LogP contribution in [0.25, 0.3) is 0 Å². The van der Waals surface area contributed by atoms with Gasteiger partial charge < -0.3 is 5.32 Å². The fourth-order valence-corrected chi connectivity index (χ4v) is 1.50. The van der Waals surface area contributed by atoms with Crippen molar-refractivity contribution in [2.24, 2.45) is 0 Å². The third-order valence-corrected chi connectivity index (χ3v) is 2.50. The molecule has 0 bridgehead atoms. The molecule has 0 radical (unpaired) electrons. The summed E-state index contributed by atoms with van der Waals surface area (Å²) in [6, 6.07) is 4.28. The maximum atomic E-state index is 3.10. The molecule has 1 aromatic heterocycles. The van der Waals surface area contributed by atoms with E-state index in [1.165, 1.54) is 9.88 Å². The highest BCUT2D eigenvalue weighted by molar-refractivity contribution is 7.16. The number of aryl methyl sites for hydroxylation is 1. The van der Waals surface area contributed by atoms with Gasteiger partial charge in [0.25, 0.3) is 0 Å². The standard InChI is InChI=1S/C7H11NS/c1-3-6-4-5-7(8-2)9-6/h4-5,8H,3H2,1-2H3. The van der Waals surface area contributed by atoms with Crippen molar-refractivity contribution < 1.29 is 0 Å². The molecule has 1 aromatic rings. The number of rotatable bonds is 2. The first kappa shape index (κ1) is 6.62. The van der Waals surface area contributed by atoms with Gasteiger partial charge in [-0.3, -0.25) is 0 Å². The molecule has 0 aliphatic carbocycles. The van der Waals surface area contributed by atoms with E-state index >= 15 is 0 Å². The lowest BCUT2D eigenvalue weighted by Crippen LogP contribution is -1.79. The van der Waals surface area contributed by atoms with Gasteiger partial charge in [0.1, 0.15) is 0 Å². The molecular formula is C7H11NS. The summed E-state index contributed by atoms with van der Waals surface area (Å²) < 4.78 is 0. The van der Waals surface area contributed by atoms with Crippen LogP contribution in [0.15, 0.2) is 12.1 Å². The first-order valence-corrected chi connectivity index (χ1v) is 3.95. The van der Waals surface area contributed by atoms with E-state index in [1.807, 2.05) is 18.4 Å². The van der Waals surface area contributed by atoms with Crippen molar-refractivity contribution in [1.82, 2.24) is 0 Å². The Morgan fingerprint density at radius 1 is 1.56 bits per heavy atom. The summed E-state index contributed by atoms with van der Waals surface area (Å²) in [6.45, 7) is 2.17. The first-order valence-electron chi connectivity index (χ1n) is 3.13. The molecule has 0 atom stereocenters. The van der Waals surface area contributed by atoms with Gasteiger partial charge in [0.05, 0.1) is 5.00 Å². The van der Waals surface area contributed by atoms with Crippen LogP contribution >= 0.6 is 11.3 Å². The van der Waals surface area contributed by atoms with Crippen molar-refractivity contribution in [2.45, 2.75) is 13.3 Å². The monoisotopic (exact) mass is 141 g/mol. The second-order valence-corrected chi connectivity index (χ2v) is 3.04. The van der Waals surface area contributed by atoms with Crippen molar-refractivity contribution in [3.63, 3.8) is 0 Å². The highest BCUT2D eigenvalue weighted by atomic mass is 32.1. The molecule has 0 amide bonds. The van der Waals surface area contributed by atoms with Crippen LogP contribution < -0.4 is 5.32 Å². The lowest BCUT2D eigenvalue weighted by Gasteiger charge is -1.88. The highest BCUT2D eigenvalue weighted by Gasteiger charge is 1.92. The molecule has 1 nitrogen and oxygen atoms in total. The van der Waals surface area contributed by atoms with E-state index < -0.39 is 0 Å². The van der Waals surface area contributed by atoms with Crippen LogP contribution in [0, 0.1) is 0 Å². The largest absolute Gasteiger partial charge is 0.380 e. The summed E-state index contributed by atoms with van der Waals surface area (Å²) in [4.78, 5) is 1.44. The van der Waals surface area contributed by atoms with Crippen LogP contribution in [0.1, 0.15) is 11.8 Å². The third kappa shape index (κ3) is 1.45. The zero-order valence-corrected chi connectivity index (χ0v) is 6.59. The highest BCUT2D eigenvalue weighted by Crippen LogP contribution is 2.20. The second kappa shape index (κ2) is 2.87. The Morgan fingerprint density at radius 3 is 2.67 bits per heavy atom. The molecule has 0 fully saturated rings. The van der Waals surface area contributed by atoms with E-state index in [0.29, 0.717) is 0 Å². The van der Waals surface area contributed by atoms with Crippen molar-refractivity contribution in [1.29, 1.82) is 0 Å². The van der Waals surface area contributed by atoms with Crippen LogP contribution in [-0.2, 0) is 6.42 Å². The fourth-order valence-electron chi connectivity index (χ4n) is 0.702. The lowest BCUT2D eigenvalue weighted by atomic mass is 10.4. The molecule has 0 aliphatic rings. The van der Waals surface area contributed by atoms with Crippen molar-refractivity contribution >= 4 is 16.3 Å². The summed E-state index contributed by atoms with van der Waals surface area (Å²) in [5.41, 5.74) is 0. The smallest absolute Gasteiger partial charge is 0.0882 e.